The molecule has 0 amide bonds. The normalized spacial score (nSPS) is 21.2. The van der Waals surface area contributed by atoms with Crippen LogP contribution in [0.5, 0.6) is 5.75 Å². The lowest BCUT2D eigenvalue weighted by Gasteiger charge is -2.39. The number of alkyl halides is 3. The molecule has 0 N–H and O–H groups in total. The van der Waals surface area contributed by atoms with Gasteiger partial charge in [-0.15, -0.1) is 0 Å². The average Bonchev–Trinajstić information content (AvgIpc) is 2.89. The molecule has 214 valence electrons. The lowest BCUT2D eigenvalue weighted by molar-refractivity contribution is -0.137. The summed E-state index contributed by atoms with van der Waals surface area (Å²) in [5.74, 6) is -2.21. The Bertz CT molecular complexity index is 1230. The van der Waals surface area contributed by atoms with Gasteiger partial charge in [-0.2, -0.15) is 13.2 Å². The van der Waals surface area contributed by atoms with Crippen molar-refractivity contribution in [2.45, 2.75) is 55.7 Å². The van der Waals surface area contributed by atoms with Gasteiger partial charge in [-0.05, 0) is 67.0 Å². The summed E-state index contributed by atoms with van der Waals surface area (Å²) < 4.78 is 106. The Labute approximate surface area is 224 Å². The predicted molar refractivity (Wildman–Crippen MR) is 134 cm³/mol. The second-order valence-electron chi connectivity index (χ2n) is 10.5. The molecule has 39 heavy (non-hydrogen) atoms. The van der Waals surface area contributed by atoms with Crippen LogP contribution in [0.4, 0.5) is 22.0 Å². The number of hydrogen-bond acceptors (Lipinski definition) is 5. The van der Waals surface area contributed by atoms with Crippen molar-refractivity contribution in [2.24, 2.45) is 0 Å². The number of hydrogen-bond donors (Lipinski definition) is 0. The number of likely N-dealkylation sites (tertiary alicyclic amines) is 1. The van der Waals surface area contributed by atoms with Gasteiger partial charge in [0.15, 0.2) is 17.4 Å². The van der Waals surface area contributed by atoms with E-state index >= 15 is 0 Å². The largest absolute Gasteiger partial charge is 0.482 e. The maximum Gasteiger partial charge on any atom is 0.416 e. The van der Waals surface area contributed by atoms with Crippen LogP contribution in [-0.4, -0.2) is 68.4 Å². The molecule has 5 rings (SSSR count). The molecule has 0 saturated carbocycles. The molecule has 12 heteroatoms. The van der Waals surface area contributed by atoms with Crippen molar-refractivity contribution < 1.29 is 39.8 Å². The lowest BCUT2D eigenvalue weighted by Crippen LogP contribution is -2.53. The second kappa shape index (κ2) is 11.3. The Balaban J connectivity index is 1.13. The smallest absolute Gasteiger partial charge is 0.416 e. The quantitative estimate of drug-likeness (QED) is 0.439. The predicted octanol–water partition coefficient (Wildman–Crippen LogP) is 4.94. The maximum atomic E-state index is 14.9. The molecule has 3 heterocycles. The van der Waals surface area contributed by atoms with Crippen LogP contribution < -0.4 is 4.74 Å². The van der Waals surface area contributed by atoms with E-state index in [1.165, 1.54) is 28.6 Å². The SMILES string of the molecule is O=S(=O)(C1CCOCC1)N1CCC(c2cc(F)c(OC3CN(Cc4ccc(C(F)(F)F)cc4)C3)c(F)c2)CC1. The molecule has 0 aromatic heterocycles. The maximum absolute atomic E-state index is 14.9. The van der Waals surface area contributed by atoms with Gasteiger partial charge in [0.25, 0.3) is 0 Å². The highest BCUT2D eigenvalue weighted by Crippen LogP contribution is 2.35. The van der Waals surface area contributed by atoms with Gasteiger partial charge < -0.3 is 9.47 Å². The fourth-order valence-electron chi connectivity index (χ4n) is 5.51. The van der Waals surface area contributed by atoms with Gasteiger partial charge in [0.2, 0.25) is 10.0 Å². The van der Waals surface area contributed by atoms with Crippen molar-refractivity contribution >= 4 is 10.0 Å². The van der Waals surface area contributed by atoms with Gasteiger partial charge in [-0.3, -0.25) is 4.90 Å². The Hall–Kier alpha value is -2.28. The number of benzene rings is 2. The summed E-state index contributed by atoms with van der Waals surface area (Å²) >= 11 is 0. The van der Waals surface area contributed by atoms with Gasteiger partial charge in [0.05, 0.1) is 10.8 Å². The average molecular weight is 575 g/mol. The van der Waals surface area contributed by atoms with Crippen molar-refractivity contribution in [1.29, 1.82) is 0 Å². The molecule has 3 aliphatic rings. The van der Waals surface area contributed by atoms with E-state index in [2.05, 4.69) is 0 Å². The van der Waals surface area contributed by atoms with Crippen molar-refractivity contribution in [2.75, 3.05) is 39.4 Å². The standard InChI is InChI=1S/C27H31F5N2O4S/c28-24-13-20(19-5-9-34(10-6-19)39(35,36)23-7-11-37-12-8-23)14-25(29)26(24)38-22-16-33(17-22)15-18-1-3-21(4-2-18)27(30,31)32/h1-4,13-14,19,22-23H,5-12,15-17H2. The Kier molecular flexibility index (Phi) is 8.19. The van der Waals surface area contributed by atoms with E-state index in [0.29, 0.717) is 82.7 Å². The van der Waals surface area contributed by atoms with Crippen LogP contribution in [0.3, 0.4) is 0 Å². The number of halogens is 5. The fourth-order valence-corrected chi connectivity index (χ4v) is 7.44. The van der Waals surface area contributed by atoms with Crippen molar-refractivity contribution in [3.05, 3.63) is 64.7 Å². The first-order valence-corrected chi connectivity index (χ1v) is 14.6. The monoisotopic (exact) mass is 574 g/mol. The van der Waals surface area contributed by atoms with Crippen molar-refractivity contribution in [3.63, 3.8) is 0 Å². The van der Waals surface area contributed by atoms with Crippen LogP contribution in [-0.2, 0) is 27.5 Å². The molecule has 0 bridgehead atoms. The third kappa shape index (κ3) is 6.39. The topological polar surface area (TPSA) is 59.1 Å². The van der Waals surface area contributed by atoms with Crippen LogP contribution in [0.1, 0.15) is 48.3 Å². The Morgan fingerprint density at radius 3 is 2.08 bits per heavy atom. The number of rotatable bonds is 7. The summed E-state index contributed by atoms with van der Waals surface area (Å²) in [6.07, 6.45) is -2.91. The molecule has 3 aliphatic heterocycles. The zero-order valence-electron chi connectivity index (χ0n) is 21.3. The minimum atomic E-state index is -4.39. The summed E-state index contributed by atoms with van der Waals surface area (Å²) in [5, 5.41) is -0.438. The van der Waals surface area contributed by atoms with Crippen LogP contribution in [0.25, 0.3) is 0 Å². The molecule has 6 nitrogen and oxygen atoms in total. The molecule has 0 aliphatic carbocycles. The molecular weight excluding hydrogens is 543 g/mol. The second-order valence-corrected chi connectivity index (χ2v) is 12.7. The molecule has 3 fully saturated rings. The van der Waals surface area contributed by atoms with E-state index in [0.717, 1.165) is 12.1 Å². The number of sulfonamides is 1. The minimum Gasteiger partial charge on any atom is -0.482 e. The molecule has 0 spiro atoms. The highest BCUT2D eigenvalue weighted by molar-refractivity contribution is 7.89. The molecule has 0 radical (unpaired) electrons. The summed E-state index contributed by atoms with van der Waals surface area (Å²) in [6.45, 7) is 2.68. The first-order chi connectivity index (χ1) is 18.5. The van der Waals surface area contributed by atoms with Crippen LogP contribution in [0, 0.1) is 11.6 Å². The van der Waals surface area contributed by atoms with Crippen molar-refractivity contribution in [1.82, 2.24) is 9.21 Å². The number of ether oxygens (including phenoxy) is 2. The van der Waals surface area contributed by atoms with Crippen LogP contribution >= 0.6 is 0 Å². The molecule has 0 atom stereocenters. The Morgan fingerprint density at radius 2 is 1.51 bits per heavy atom. The van der Waals surface area contributed by atoms with E-state index < -0.39 is 50.5 Å². The summed E-state index contributed by atoms with van der Waals surface area (Å²) in [4.78, 5) is 1.92. The molecule has 2 aromatic rings. The van der Waals surface area contributed by atoms with Gasteiger partial charge in [-0.25, -0.2) is 21.5 Å². The van der Waals surface area contributed by atoms with Gasteiger partial charge in [0, 0.05) is 45.9 Å². The van der Waals surface area contributed by atoms with Crippen molar-refractivity contribution in [3.8, 4) is 5.75 Å². The summed E-state index contributed by atoms with van der Waals surface area (Å²) in [6, 6.07) is 7.43. The van der Waals surface area contributed by atoms with E-state index in [9.17, 15) is 30.4 Å². The van der Waals surface area contributed by atoms with E-state index in [1.807, 2.05) is 4.90 Å². The third-order valence-electron chi connectivity index (χ3n) is 7.79. The first kappa shape index (κ1) is 28.3. The zero-order chi connectivity index (χ0) is 27.8. The van der Waals surface area contributed by atoms with E-state index in [1.54, 1.807) is 0 Å². The first-order valence-electron chi connectivity index (χ1n) is 13.1. The zero-order valence-corrected chi connectivity index (χ0v) is 22.1. The van der Waals surface area contributed by atoms with Crippen LogP contribution in [0.15, 0.2) is 36.4 Å². The fraction of sp³-hybridized carbons (Fsp3) is 0.556. The van der Waals surface area contributed by atoms with E-state index in [4.69, 9.17) is 9.47 Å². The summed E-state index contributed by atoms with van der Waals surface area (Å²) in [5.41, 5.74) is 0.476. The minimum absolute atomic E-state index is 0.160. The molecule has 2 aromatic carbocycles. The molecular formula is C27H31F5N2O4S. The molecule has 3 saturated heterocycles. The van der Waals surface area contributed by atoms with Gasteiger partial charge in [-0.1, -0.05) is 12.1 Å². The highest BCUT2D eigenvalue weighted by atomic mass is 32.2. The third-order valence-corrected chi connectivity index (χ3v) is 10.2. The molecule has 0 unspecified atom stereocenters. The Morgan fingerprint density at radius 1 is 0.923 bits per heavy atom. The van der Waals surface area contributed by atoms with Gasteiger partial charge >= 0.3 is 6.18 Å². The number of piperidine rings is 1. The van der Waals surface area contributed by atoms with E-state index in [-0.39, 0.29) is 5.92 Å². The van der Waals surface area contributed by atoms with Gasteiger partial charge in [0.1, 0.15) is 6.10 Å². The summed E-state index contributed by atoms with van der Waals surface area (Å²) in [7, 11) is -3.42. The number of nitrogens with zero attached hydrogens (tertiary/aromatic N) is 2. The lowest BCUT2D eigenvalue weighted by atomic mass is 9.90. The van der Waals surface area contributed by atoms with Crippen LogP contribution in [0.2, 0.25) is 0 Å². The highest BCUT2D eigenvalue weighted by Gasteiger charge is 2.37.